The average molecular weight is 314 g/mol. The van der Waals surface area contributed by atoms with E-state index in [4.69, 9.17) is 4.74 Å². The van der Waals surface area contributed by atoms with E-state index >= 15 is 0 Å². The molecule has 23 heavy (non-hydrogen) atoms. The molecule has 3 rings (SSSR count). The summed E-state index contributed by atoms with van der Waals surface area (Å²) in [5.41, 5.74) is 2.64. The maximum absolute atomic E-state index is 11.2. The van der Waals surface area contributed by atoms with Crippen LogP contribution in [0.3, 0.4) is 0 Å². The first-order valence-corrected chi connectivity index (χ1v) is 9.55. The molecule has 0 spiro atoms. The number of rotatable bonds is 6. The quantitative estimate of drug-likeness (QED) is 0.481. The van der Waals surface area contributed by atoms with Crippen LogP contribution in [0.4, 0.5) is 0 Å². The minimum atomic E-state index is -0.0551. The number of carbonyl (C=O) groups excluding carboxylic acids is 1. The molecule has 126 valence electrons. The molecule has 1 aliphatic heterocycles. The Hall–Kier alpha value is -1.31. The van der Waals surface area contributed by atoms with E-state index in [1.807, 2.05) is 0 Å². The van der Waals surface area contributed by atoms with Crippen LogP contribution in [0.1, 0.15) is 94.3 Å². The number of cyclic esters (lactones) is 1. The van der Waals surface area contributed by atoms with E-state index in [2.05, 4.69) is 31.2 Å². The molecule has 2 aliphatic rings. The summed E-state index contributed by atoms with van der Waals surface area (Å²) in [4.78, 5) is 11.2. The van der Waals surface area contributed by atoms with Gasteiger partial charge in [0.15, 0.2) is 0 Å². The standard InChI is InChI=1S/C21H30O2/c1-2-3-4-5-16-6-8-17(9-7-16)18-10-12-19(13-11-18)20-14-15-21(22)23-20/h10-13,16-17,20H,2-9,14-15H2,1H3/t16?,17?,20-/m0/s1. The van der Waals surface area contributed by atoms with Crippen molar-refractivity contribution >= 4 is 5.97 Å². The van der Waals surface area contributed by atoms with Crippen LogP contribution in [0.5, 0.6) is 0 Å². The lowest BCUT2D eigenvalue weighted by Crippen LogP contribution is -2.13. The average Bonchev–Trinajstić information content (AvgIpc) is 3.02. The lowest BCUT2D eigenvalue weighted by molar-refractivity contribution is -0.141. The lowest BCUT2D eigenvalue weighted by Gasteiger charge is -2.29. The van der Waals surface area contributed by atoms with Crippen LogP contribution in [0.2, 0.25) is 0 Å². The van der Waals surface area contributed by atoms with Crippen molar-refractivity contribution in [3.8, 4) is 0 Å². The summed E-state index contributed by atoms with van der Waals surface area (Å²) >= 11 is 0. The smallest absolute Gasteiger partial charge is 0.306 e. The summed E-state index contributed by atoms with van der Waals surface area (Å²) < 4.78 is 5.35. The van der Waals surface area contributed by atoms with Crippen molar-refractivity contribution in [3.05, 3.63) is 35.4 Å². The number of carbonyl (C=O) groups is 1. The Labute approximate surface area is 140 Å². The third-order valence-corrected chi connectivity index (χ3v) is 5.73. The fraction of sp³-hybridized carbons (Fsp3) is 0.667. The van der Waals surface area contributed by atoms with Gasteiger partial charge in [-0.25, -0.2) is 0 Å². The molecule has 1 atom stereocenters. The van der Waals surface area contributed by atoms with Gasteiger partial charge in [0.25, 0.3) is 0 Å². The summed E-state index contributed by atoms with van der Waals surface area (Å²) in [7, 11) is 0. The number of unbranched alkanes of at least 4 members (excludes halogenated alkanes) is 2. The van der Waals surface area contributed by atoms with Crippen LogP contribution in [0.15, 0.2) is 24.3 Å². The van der Waals surface area contributed by atoms with Gasteiger partial charge in [-0.05, 0) is 55.1 Å². The molecule has 2 heteroatoms. The minimum absolute atomic E-state index is 0.00847. The zero-order chi connectivity index (χ0) is 16.1. The molecule has 2 nitrogen and oxygen atoms in total. The van der Waals surface area contributed by atoms with Crippen molar-refractivity contribution in [2.75, 3.05) is 0 Å². The highest BCUT2D eigenvalue weighted by Crippen LogP contribution is 2.38. The molecule has 1 aliphatic carbocycles. The normalized spacial score (nSPS) is 27.9. The highest BCUT2D eigenvalue weighted by molar-refractivity contribution is 5.71. The Morgan fingerprint density at radius 2 is 1.65 bits per heavy atom. The molecule has 1 aromatic carbocycles. The topological polar surface area (TPSA) is 26.3 Å². The third kappa shape index (κ3) is 4.37. The molecular formula is C21H30O2. The summed E-state index contributed by atoms with van der Waals surface area (Å²) in [6.07, 6.45) is 12.5. The van der Waals surface area contributed by atoms with Crippen molar-refractivity contribution in [1.82, 2.24) is 0 Å². The molecule has 1 heterocycles. The van der Waals surface area contributed by atoms with Crippen molar-refractivity contribution < 1.29 is 9.53 Å². The molecule has 1 saturated carbocycles. The van der Waals surface area contributed by atoms with Crippen LogP contribution in [-0.2, 0) is 9.53 Å². The molecule has 0 bridgehead atoms. The molecule has 0 aromatic heterocycles. The van der Waals surface area contributed by atoms with Crippen LogP contribution < -0.4 is 0 Å². The van der Waals surface area contributed by atoms with Gasteiger partial charge in [0, 0.05) is 6.42 Å². The maximum Gasteiger partial charge on any atom is 0.306 e. The van der Waals surface area contributed by atoms with Crippen LogP contribution in [0.25, 0.3) is 0 Å². The van der Waals surface area contributed by atoms with Gasteiger partial charge in [-0.3, -0.25) is 4.79 Å². The number of hydrogen-bond donors (Lipinski definition) is 0. The van der Waals surface area contributed by atoms with E-state index in [0.717, 1.165) is 23.8 Å². The van der Waals surface area contributed by atoms with Gasteiger partial charge < -0.3 is 4.74 Å². The Morgan fingerprint density at radius 1 is 0.957 bits per heavy atom. The Bertz CT molecular complexity index is 497. The van der Waals surface area contributed by atoms with Gasteiger partial charge >= 0.3 is 5.97 Å². The third-order valence-electron chi connectivity index (χ3n) is 5.73. The molecule has 0 amide bonds. The summed E-state index contributed by atoms with van der Waals surface area (Å²) in [6, 6.07) is 8.88. The van der Waals surface area contributed by atoms with Gasteiger partial charge in [0.2, 0.25) is 0 Å². The fourth-order valence-electron chi connectivity index (χ4n) is 4.21. The number of hydrogen-bond acceptors (Lipinski definition) is 2. The van der Waals surface area contributed by atoms with Gasteiger partial charge in [0.1, 0.15) is 6.10 Å². The highest BCUT2D eigenvalue weighted by Gasteiger charge is 2.26. The van der Waals surface area contributed by atoms with E-state index < -0.39 is 0 Å². The Balaban J connectivity index is 1.49. The highest BCUT2D eigenvalue weighted by atomic mass is 16.5. The first kappa shape index (κ1) is 16.5. The second-order valence-corrected chi connectivity index (χ2v) is 7.40. The zero-order valence-corrected chi connectivity index (χ0v) is 14.4. The molecule has 0 N–H and O–H groups in total. The zero-order valence-electron chi connectivity index (χ0n) is 14.4. The second-order valence-electron chi connectivity index (χ2n) is 7.40. The molecule has 0 unspecified atom stereocenters. The fourth-order valence-corrected chi connectivity index (χ4v) is 4.21. The Morgan fingerprint density at radius 3 is 2.26 bits per heavy atom. The van der Waals surface area contributed by atoms with Crippen molar-refractivity contribution in [2.45, 2.75) is 83.2 Å². The van der Waals surface area contributed by atoms with Gasteiger partial charge in [0.05, 0.1) is 0 Å². The van der Waals surface area contributed by atoms with Gasteiger partial charge in [-0.15, -0.1) is 0 Å². The van der Waals surface area contributed by atoms with E-state index in [1.165, 1.54) is 56.9 Å². The largest absolute Gasteiger partial charge is 0.457 e. The molecule has 1 saturated heterocycles. The number of benzene rings is 1. The molecule has 0 radical (unpaired) electrons. The van der Waals surface area contributed by atoms with E-state index in [9.17, 15) is 4.79 Å². The lowest BCUT2D eigenvalue weighted by atomic mass is 9.77. The summed E-state index contributed by atoms with van der Waals surface area (Å²) in [5, 5.41) is 0. The minimum Gasteiger partial charge on any atom is -0.457 e. The number of esters is 1. The number of ether oxygens (including phenoxy) is 1. The first-order chi connectivity index (χ1) is 11.3. The first-order valence-electron chi connectivity index (χ1n) is 9.55. The van der Waals surface area contributed by atoms with Crippen molar-refractivity contribution in [2.24, 2.45) is 5.92 Å². The van der Waals surface area contributed by atoms with E-state index in [-0.39, 0.29) is 12.1 Å². The summed E-state index contributed by atoms with van der Waals surface area (Å²) in [6.45, 7) is 2.28. The maximum atomic E-state index is 11.2. The van der Waals surface area contributed by atoms with E-state index in [0.29, 0.717) is 6.42 Å². The van der Waals surface area contributed by atoms with Crippen LogP contribution in [0, 0.1) is 5.92 Å². The molecule has 2 fully saturated rings. The van der Waals surface area contributed by atoms with Crippen molar-refractivity contribution in [3.63, 3.8) is 0 Å². The van der Waals surface area contributed by atoms with E-state index in [1.54, 1.807) is 0 Å². The van der Waals surface area contributed by atoms with Crippen LogP contribution >= 0.6 is 0 Å². The molecule has 1 aromatic rings. The second kappa shape index (κ2) is 7.99. The van der Waals surface area contributed by atoms with Gasteiger partial charge in [-0.1, -0.05) is 56.9 Å². The molecular weight excluding hydrogens is 284 g/mol. The summed E-state index contributed by atoms with van der Waals surface area (Å²) in [5.74, 6) is 1.65. The van der Waals surface area contributed by atoms with Gasteiger partial charge in [-0.2, -0.15) is 0 Å². The Kier molecular flexibility index (Phi) is 5.75. The predicted molar refractivity (Wildman–Crippen MR) is 93.4 cm³/mol. The predicted octanol–water partition coefficient (Wildman–Crippen LogP) is 5.92. The SMILES string of the molecule is CCCCCC1CCC(c2ccc([C@@H]3CCC(=O)O3)cc2)CC1. The van der Waals surface area contributed by atoms with Crippen molar-refractivity contribution in [1.29, 1.82) is 0 Å². The van der Waals surface area contributed by atoms with Crippen LogP contribution in [-0.4, -0.2) is 5.97 Å². The monoisotopic (exact) mass is 314 g/mol.